The smallest absolute Gasteiger partial charge is 0.0471 e. The molecule has 4 heteroatoms. The van der Waals surface area contributed by atoms with Gasteiger partial charge in [-0.2, -0.15) is 0 Å². The van der Waals surface area contributed by atoms with E-state index >= 15 is 0 Å². The molecule has 18 heavy (non-hydrogen) atoms. The molecule has 0 fully saturated rings. The number of nitrogen functional groups attached to an aromatic ring is 1. The SMILES string of the molecule is CC(c1cccs1)N(C)Cc1ccc(N)cc1Cl. The molecule has 2 N–H and O–H groups in total. The predicted molar refractivity (Wildman–Crippen MR) is 80.1 cm³/mol. The highest BCUT2D eigenvalue weighted by Gasteiger charge is 2.14. The second kappa shape index (κ2) is 5.74. The van der Waals surface area contributed by atoms with Crippen LogP contribution in [0.3, 0.4) is 0 Å². The molecule has 0 saturated heterocycles. The van der Waals surface area contributed by atoms with Crippen molar-refractivity contribution < 1.29 is 0 Å². The van der Waals surface area contributed by atoms with Crippen LogP contribution in [0.2, 0.25) is 5.02 Å². The molecular weight excluding hydrogens is 264 g/mol. The molecule has 0 spiro atoms. The summed E-state index contributed by atoms with van der Waals surface area (Å²) in [6, 6.07) is 10.3. The van der Waals surface area contributed by atoms with E-state index in [1.165, 1.54) is 4.88 Å². The molecule has 96 valence electrons. The summed E-state index contributed by atoms with van der Waals surface area (Å²) in [6.07, 6.45) is 0. The molecule has 1 heterocycles. The first-order valence-electron chi connectivity index (χ1n) is 5.85. The zero-order valence-corrected chi connectivity index (χ0v) is 12.1. The van der Waals surface area contributed by atoms with E-state index in [2.05, 4.69) is 36.4 Å². The molecule has 0 amide bonds. The third-order valence-electron chi connectivity index (χ3n) is 3.11. The number of nitrogens with zero attached hydrogens (tertiary/aromatic N) is 1. The number of nitrogens with two attached hydrogens (primary N) is 1. The summed E-state index contributed by atoms with van der Waals surface area (Å²) in [6.45, 7) is 3.02. The maximum Gasteiger partial charge on any atom is 0.0471 e. The van der Waals surface area contributed by atoms with Crippen LogP contribution in [0.15, 0.2) is 35.7 Å². The quantitative estimate of drug-likeness (QED) is 0.852. The normalized spacial score (nSPS) is 12.9. The van der Waals surface area contributed by atoms with Gasteiger partial charge in [-0.25, -0.2) is 0 Å². The molecule has 0 bridgehead atoms. The molecule has 2 rings (SSSR count). The number of benzene rings is 1. The maximum atomic E-state index is 6.20. The molecule has 2 aromatic rings. The Kier molecular flexibility index (Phi) is 4.27. The molecule has 1 aromatic heterocycles. The van der Waals surface area contributed by atoms with Crippen LogP contribution in [-0.4, -0.2) is 11.9 Å². The number of rotatable bonds is 4. The summed E-state index contributed by atoms with van der Waals surface area (Å²) in [7, 11) is 2.11. The minimum absolute atomic E-state index is 0.388. The summed E-state index contributed by atoms with van der Waals surface area (Å²) >= 11 is 7.98. The van der Waals surface area contributed by atoms with Crippen molar-refractivity contribution >= 4 is 28.6 Å². The van der Waals surface area contributed by atoms with E-state index in [1.54, 1.807) is 17.4 Å². The number of hydrogen-bond donors (Lipinski definition) is 1. The lowest BCUT2D eigenvalue weighted by atomic mass is 10.1. The van der Waals surface area contributed by atoms with Crippen molar-refractivity contribution in [3.05, 3.63) is 51.2 Å². The van der Waals surface area contributed by atoms with Gasteiger partial charge in [-0.1, -0.05) is 23.7 Å². The molecule has 0 aliphatic rings. The molecule has 0 saturated carbocycles. The van der Waals surface area contributed by atoms with Crippen LogP contribution in [0.5, 0.6) is 0 Å². The molecular formula is C14H17ClN2S. The van der Waals surface area contributed by atoms with Crippen molar-refractivity contribution in [2.24, 2.45) is 0 Å². The van der Waals surface area contributed by atoms with Crippen LogP contribution in [0.1, 0.15) is 23.4 Å². The Morgan fingerprint density at radius 3 is 2.78 bits per heavy atom. The van der Waals surface area contributed by atoms with E-state index in [4.69, 9.17) is 17.3 Å². The Balaban J connectivity index is 2.09. The van der Waals surface area contributed by atoms with Crippen LogP contribution >= 0.6 is 22.9 Å². The van der Waals surface area contributed by atoms with Gasteiger partial charge in [-0.3, -0.25) is 4.90 Å². The Morgan fingerprint density at radius 2 is 2.17 bits per heavy atom. The second-order valence-electron chi connectivity index (χ2n) is 4.46. The van der Waals surface area contributed by atoms with Crippen molar-refractivity contribution in [2.45, 2.75) is 19.5 Å². The zero-order valence-electron chi connectivity index (χ0n) is 10.6. The highest BCUT2D eigenvalue weighted by Crippen LogP contribution is 2.27. The Morgan fingerprint density at radius 1 is 1.39 bits per heavy atom. The first-order valence-corrected chi connectivity index (χ1v) is 7.11. The average molecular weight is 281 g/mol. The van der Waals surface area contributed by atoms with Gasteiger partial charge in [0.1, 0.15) is 0 Å². The zero-order chi connectivity index (χ0) is 13.1. The first kappa shape index (κ1) is 13.4. The standard InChI is InChI=1S/C14H17ClN2S/c1-10(14-4-3-7-18-14)17(2)9-11-5-6-12(16)8-13(11)15/h3-8,10H,9,16H2,1-2H3. The van der Waals surface area contributed by atoms with Crippen LogP contribution in [0.4, 0.5) is 5.69 Å². The van der Waals surface area contributed by atoms with Crippen molar-refractivity contribution in [3.8, 4) is 0 Å². The fourth-order valence-corrected chi connectivity index (χ4v) is 2.94. The Labute approximate surface area is 117 Å². The monoisotopic (exact) mass is 280 g/mol. The fourth-order valence-electron chi connectivity index (χ4n) is 1.84. The number of hydrogen-bond acceptors (Lipinski definition) is 3. The summed E-state index contributed by atoms with van der Waals surface area (Å²) in [5.41, 5.74) is 7.51. The van der Waals surface area contributed by atoms with Crippen molar-refractivity contribution in [1.29, 1.82) is 0 Å². The minimum atomic E-state index is 0.388. The molecule has 1 atom stereocenters. The van der Waals surface area contributed by atoms with Gasteiger partial charge in [-0.15, -0.1) is 11.3 Å². The van der Waals surface area contributed by atoms with E-state index in [0.29, 0.717) is 11.7 Å². The number of thiophene rings is 1. The Bertz CT molecular complexity index is 511. The minimum Gasteiger partial charge on any atom is -0.399 e. The summed E-state index contributed by atoms with van der Waals surface area (Å²) in [4.78, 5) is 3.65. The molecule has 1 unspecified atom stereocenters. The topological polar surface area (TPSA) is 29.3 Å². The molecule has 0 aliphatic heterocycles. The van der Waals surface area contributed by atoms with Crippen molar-refractivity contribution in [3.63, 3.8) is 0 Å². The average Bonchev–Trinajstić information content (AvgIpc) is 2.85. The lowest BCUT2D eigenvalue weighted by Crippen LogP contribution is -2.21. The third-order valence-corrected chi connectivity index (χ3v) is 4.51. The van der Waals surface area contributed by atoms with Gasteiger partial charge in [0, 0.05) is 28.2 Å². The second-order valence-corrected chi connectivity index (χ2v) is 5.84. The van der Waals surface area contributed by atoms with Gasteiger partial charge < -0.3 is 5.73 Å². The lowest BCUT2D eigenvalue weighted by molar-refractivity contribution is 0.256. The maximum absolute atomic E-state index is 6.20. The van der Waals surface area contributed by atoms with E-state index in [9.17, 15) is 0 Å². The summed E-state index contributed by atoms with van der Waals surface area (Å²) in [5.74, 6) is 0. The van der Waals surface area contributed by atoms with E-state index < -0.39 is 0 Å². The summed E-state index contributed by atoms with van der Waals surface area (Å²) < 4.78 is 0. The fraction of sp³-hybridized carbons (Fsp3) is 0.286. The van der Waals surface area contributed by atoms with Gasteiger partial charge in [0.25, 0.3) is 0 Å². The summed E-state index contributed by atoms with van der Waals surface area (Å²) in [5, 5.41) is 2.84. The molecule has 1 aromatic carbocycles. The highest BCUT2D eigenvalue weighted by molar-refractivity contribution is 7.10. The van der Waals surface area contributed by atoms with Crippen molar-refractivity contribution in [2.75, 3.05) is 12.8 Å². The Hall–Kier alpha value is -1.03. The third kappa shape index (κ3) is 3.05. The molecule has 0 aliphatic carbocycles. The molecule has 2 nitrogen and oxygen atoms in total. The van der Waals surface area contributed by atoms with Gasteiger partial charge >= 0.3 is 0 Å². The number of anilines is 1. The van der Waals surface area contributed by atoms with E-state index in [-0.39, 0.29) is 0 Å². The molecule has 0 radical (unpaired) electrons. The lowest BCUT2D eigenvalue weighted by Gasteiger charge is -2.24. The van der Waals surface area contributed by atoms with Crippen LogP contribution in [0, 0.1) is 0 Å². The van der Waals surface area contributed by atoms with E-state index in [1.807, 2.05) is 12.1 Å². The van der Waals surface area contributed by atoms with Crippen LogP contribution < -0.4 is 5.73 Å². The van der Waals surface area contributed by atoms with Crippen molar-refractivity contribution in [1.82, 2.24) is 4.90 Å². The largest absolute Gasteiger partial charge is 0.399 e. The van der Waals surface area contributed by atoms with Gasteiger partial charge in [-0.05, 0) is 43.1 Å². The highest BCUT2D eigenvalue weighted by atomic mass is 35.5. The predicted octanol–water partition coefficient (Wildman–Crippen LogP) is 4.18. The van der Waals surface area contributed by atoms with Crippen LogP contribution in [-0.2, 0) is 6.54 Å². The van der Waals surface area contributed by atoms with Gasteiger partial charge in [0.15, 0.2) is 0 Å². The first-order chi connectivity index (χ1) is 8.58. The van der Waals surface area contributed by atoms with Crippen LogP contribution in [0.25, 0.3) is 0 Å². The van der Waals surface area contributed by atoms with Gasteiger partial charge in [0.05, 0.1) is 0 Å². The van der Waals surface area contributed by atoms with Gasteiger partial charge in [0.2, 0.25) is 0 Å². The number of halogens is 1. The van der Waals surface area contributed by atoms with E-state index in [0.717, 1.165) is 17.1 Å².